The highest BCUT2D eigenvalue weighted by molar-refractivity contribution is 7.98. The Balaban J connectivity index is 1.88. The molecule has 0 spiro atoms. The Labute approximate surface area is 190 Å². The highest BCUT2D eigenvalue weighted by Crippen LogP contribution is 2.35. The van der Waals surface area contributed by atoms with E-state index in [4.69, 9.17) is 8.83 Å². The number of rotatable bonds is 8. The third kappa shape index (κ3) is 5.01. The number of fused-ring (bicyclic) bond motifs is 2. The molecule has 0 aliphatic heterocycles. The summed E-state index contributed by atoms with van der Waals surface area (Å²) in [5, 5.41) is 13.6. The third-order valence-electron chi connectivity index (χ3n) is 5.64. The van der Waals surface area contributed by atoms with Crippen molar-refractivity contribution >= 4 is 45.6 Å². The number of benzene rings is 1. The molecule has 1 aromatic carbocycles. The van der Waals surface area contributed by atoms with Crippen molar-refractivity contribution < 1.29 is 23.5 Å². The first-order chi connectivity index (χ1) is 15.0. The summed E-state index contributed by atoms with van der Waals surface area (Å²) in [5.41, 5.74) is 2.72. The van der Waals surface area contributed by atoms with Gasteiger partial charge in [-0.2, -0.15) is 11.8 Å². The normalized spacial score (nSPS) is 12.9. The van der Waals surface area contributed by atoms with Gasteiger partial charge in [-0.25, -0.2) is 9.59 Å². The van der Waals surface area contributed by atoms with Gasteiger partial charge in [0.1, 0.15) is 17.2 Å². The minimum atomic E-state index is -1.06. The summed E-state index contributed by atoms with van der Waals surface area (Å²) >= 11 is 1.52. The summed E-state index contributed by atoms with van der Waals surface area (Å²) in [5.74, 6) is -0.839. The summed E-state index contributed by atoms with van der Waals surface area (Å²) in [7, 11) is 0. The topological polar surface area (TPSA) is 110 Å². The molecule has 0 saturated carbocycles. The number of nitrogens with one attached hydrogen (secondary N) is 1. The molecule has 7 nitrogen and oxygen atoms in total. The van der Waals surface area contributed by atoms with Gasteiger partial charge in [0.05, 0.1) is 6.26 Å². The van der Waals surface area contributed by atoms with Crippen LogP contribution < -0.4 is 10.9 Å². The number of amides is 1. The van der Waals surface area contributed by atoms with E-state index in [-0.39, 0.29) is 18.3 Å². The minimum absolute atomic E-state index is 0.00134. The molecule has 0 bridgehead atoms. The maximum atomic E-state index is 12.6. The molecule has 2 aromatic heterocycles. The molecule has 172 valence electrons. The van der Waals surface area contributed by atoms with Crippen molar-refractivity contribution in [3.05, 3.63) is 45.5 Å². The third-order valence-corrected chi connectivity index (χ3v) is 6.28. The Bertz CT molecular complexity index is 1220. The van der Waals surface area contributed by atoms with Crippen molar-refractivity contribution in [1.29, 1.82) is 0 Å². The van der Waals surface area contributed by atoms with Crippen molar-refractivity contribution in [3.8, 4) is 0 Å². The van der Waals surface area contributed by atoms with Crippen molar-refractivity contribution in [1.82, 2.24) is 5.32 Å². The number of carboxylic acids is 1. The highest BCUT2D eigenvalue weighted by Gasteiger charge is 2.23. The molecule has 1 unspecified atom stereocenters. The van der Waals surface area contributed by atoms with Gasteiger partial charge in [-0.05, 0) is 48.8 Å². The molecule has 32 heavy (non-hydrogen) atoms. The molecule has 0 aliphatic rings. The zero-order chi connectivity index (χ0) is 23.6. The summed E-state index contributed by atoms with van der Waals surface area (Å²) in [6.45, 7) is 8.15. The average Bonchev–Trinajstić information content (AvgIpc) is 3.12. The van der Waals surface area contributed by atoms with Crippen LogP contribution in [0.2, 0.25) is 0 Å². The van der Waals surface area contributed by atoms with E-state index in [9.17, 15) is 19.5 Å². The molecule has 0 radical (unpaired) electrons. The predicted octanol–water partition coefficient (Wildman–Crippen LogP) is 4.40. The van der Waals surface area contributed by atoms with Crippen LogP contribution in [-0.2, 0) is 21.4 Å². The van der Waals surface area contributed by atoms with E-state index in [1.54, 1.807) is 12.3 Å². The fourth-order valence-corrected chi connectivity index (χ4v) is 4.25. The van der Waals surface area contributed by atoms with Crippen molar-refractivity contribution in [2.45, 2.75) is 58.4 Å². The van der Waals surface area contributed by atoms with Crippen molar-refractivity contribution in [2.24, 2.45) is 0 Å². The van der Waals surface area contributed by atoms with Gasteiger partial charge in [-0.3, -0.25) is 4.79 Å². The molecule has 8 heteroatoms. The molecule has 3 aromatic rings. The second-order valence-electron chi connectivity index (χ2n) is 8.98. The molecular weight excluding hydrogens is 430 g/mol. The van der Waals surface area contributed by atoms with Crippen LogP contribution in [0.1, 0.15) is 50.3 Å². The van der Waals surface area contributed by atoms with E-state index in [1.165, 1.54) is 11.8 Å². The Morgan fingerprint density at radius 1 is 1.19 bits per heavy atom. The van der Waals surface area contributed by atoms with E-state index in [1.807, 2.05) is 19.2 Å². The summed E-state index contributed by atoms with van der Waals surface area (Å²) < 4.78 is 11.2. The Kier molecular flexibility index (Phi) is 7.03. The SMILES string of the molecule is CSCCC(NC(=O)CCc1c(C)c2cc3c(C(C)(C)C)coc3cc2oc1=O)C(=O)O. The fraction of sp³-hybridized carbons (Fsp3) is 0.458. The lowest BCUT2D eigenvalue weighted by molar-refractivity contribution is -0.141. The van der Waals surface area contributed by atoms with Crippen LogP contribution in [0.15, 0.2) is 32.0 Å². The molecular formula is C24H29NO6S. The number of aliphatic carboxylic acids is 1. The van der Waals surface area contributed by atoms with Crippen LogP contribution in [0.25, 0.3) is 21.9 Å². The summed E-state index contributed by atoms with van der Waals surface area (Å²) in [6.07, 6.45) is 4.13. The van der Waals surface area contributed by atoms with Gasteiger partial charge in [0.2, 0.25) is 5.91 Å². The number of carbonyl (C=O) groups excluding carboxylic acids is 1. The van der Waals surface area contributed by atoms with Gasteiger partial charge >= 0.3 is 11.6 Å². The zero-order valence-corrected chi connectivity index (χ0v) is 19.9. The van der Waals surface area contributed by atoms with E-state index >= 15 is 0 Å². The van der Waals surface area contributed by atoms with Gasteiger partial charge in [0.25, 0.3) is 0 Å². The molecule has 2 N–H and O–H groups in total. The van der Waals surface area contributed by atoms with Crippen LogP contribution in [0.4, 0.5) is 0 Å². The van der Waals surface area contributed by atoms with E-state index in [0.29, 0.717) is 28.9 Å². The first-order valence-electron chi connectivity index (χ1n) is 10.5. The van der Waals surface area contributed by atoms with Crippen LogP contribution in [0.3, 0.4) is 0 Å². The number of aryl methyl sites for hydroxylation is 1. The van der Waals surface area contributed by atoms with E-state index in [0.717, 1.165) is 21.9 Å². The van der Waals surface area contributed by atoms with Crippen LogP contribution in [0.5, 0.6) is 0 Å². The predicted molar refractivity (Wildman–Crippen MR) is 127 cm³/mol. The Morgan fingerprint density at radius 3 is 2.53 bits per heavy atom. The van der Waals surface area contributed by atoms with Gasteiger partial charge < -0.3 is 19.3 Å². The van der Waals surface area contributed by atoms with Gasteiger partial charge in [-0.1, -0.05) is 20.8 Å². The standard InChI is InChI=1S/C24H29NO6S/c1-13-14(6-7-21(26)25-18(22(27)28)8-9-32-5)23(29)31-20-11-19-16(10-15(13)20)17(12-30-19)24(2,3)4/h10-12,18H,6-9H2,1-5H3,(H,25,26)(H,27,28). The van der Waals surface area contributed by atoms with Crippen molar-refractivity contribution in [3.63, 3.8) is 0 Å². The maximum absolute atomic E-state index is 12.6. The largest absolute Gasteiger partial charge is 0.480 e. The first kappa shape index (κ1) is 23.9. The van der Waals surface area contributed by atoms with E-state index in [2.05, 4.69) is 26.1 Å². The lowest BCUT2D eigenvalue weighted by Crippen LogP contribution is -2.41. The number of furan rings is 1. The van der Waals surface area contributed by atoms with Crippen molar-refractivity contribution in [2.75, 3.05) is 12.0 Å². The summed E-state index contributed by atoms with van der Waals surface area (Å²) in [4.78, 5) is 36.3. The van der Waals surface area contributed by atoms with Crippen LogP contribution in [-0.4, -0.2) is 35.0 Å². The van der Waals surface area contributed by atoms with E-state index < -0.39 is 23.5 Å². The molecule has 0 saturated heterocycles. The number of thioether (sulfide) groups is 1. The second-order valence-corrected chi connectivity index (χ2v) is 9.96. The fourth-order valence-electron chi connectivity index (χ4n) is 3.78. The molecule has 0 aliphatic carbocycles. The molecule has 2 heterocycles. The lowest BCUT2D eigenvalue weighted by Gasteiger charge is -2.17. The van der Waals surface area contributed by atoms with Gasteiger partial charge in [-0.15, -0.1) is 0 Å². The number of carboxylic acid groups (broad SMARTS) is 1. The molecule has 0 fully saturated rings. The summed E-state index contributed by atoms with van der Waals surface area (Å²) in [6, 6.07) is 2.77. The number of carbonyl (C=O) groups is 2. The molecule has 3 rings (SSSR count). The second kappa shape index (κ2) is 9.40. The average molecular weight is 460 g/mol. The molecule has 1 atom stereocenters. The Hall–Kier alpha value is -2.74. The minimum Gasteiger partial charge on any atom is -0.480 e. The quantitative estimate of drug-likeness (QED) is 0.480. The van der Waals surface area contributed by atoms with Crippen LogP contribution >= 0.6 is 11.8 Å². The van der Waals surface area contributed by atoms with Gasteiger partial charge in [0.15, 0.2) is 0 Å². The van der Waals surface area contributed by atoms with Gasteiger partial charge in [0, 0.05) is 34.4 Å². The smallest absolute Gasteiger partial charge is 0.339 e. The van der Waals surface area contributed by atoms with Crippen LogP contribution in [0, 0.1) is 6.92 Å². The monoisotopic (exact) mass is 459 g/mol. The molecule has 1 amide bonds. The highest BCUT2D eigenvalue weighted by atomic mass is 32.2. The zero-order valence-electron chi connectivity index (χ0n) is 19.0. The lowest BCUT2D eigenvalue weighted by atomic mass is 9.86. The number of hydrogen-bond acceptors (Lipinski definition) is 6. The first-order valence-corrected chi connectivity index (χ1v) is 11.9. The maximum Gasteiger partial charge on any atom is 0.339 e. The Morgan fingerprint density at radius 2 is 1.91 bits per heavy atom. The number of hydrogen-bond donors (Lipinski definition) is 2.